The first-order chi connectivity index (χ1) is 11.5. The molecule has 1 unspecified atom stereocenters. The summed E-state index contributed by atoms with van der Waals surface area (Å²) in [6, 6.07) is 3.62. The molecule has 0 aliphatic carbocycles. The lowest BCUT2D eigenvalue weighted by Gasteiger charge is -2.22. The van der Waals surface area contributed by atoms with Crippen molar-refractivity contribution in [2.24, 2.45) is 4.99 Å². The predicted molar refractivity (Wildman–Crippen MR) is 105 cm³/mol. The number of nitrogens with zero attached hydrogens (tertiary/aromatic N) is 4. The van der Waals surface area contributed by atoms with Crippen LogP contribution in [0.25, 0.3) is 0 Å². The first-order valence-electron chi connectivity index (χ1n) is 8.14. The van der Waals surface area contributed by atoms with E-state index in [0.717, 1.165) is 36.8 Å². The average molecular weight is 460 g/mol. The number of guanidine groups is 1. The Bertz CT molecular complexity index is 737. The SMILES string of the molecule is CN=C(NCc1nnc2n1CCC2)NCC(C)(O)c1ccc(C)o1.I. The van der Waals surface area contributed by atoms with Gasteiger partial charge >= 0.3 is 0 Å². The Labute approximate surface area is 164 Å². The highest BCUT2D eigenvalue weighted by molar-refractivity contribution is 14.0. The molecule has 2 aromatic heterocycles. The summed E-state index contributed by atoms with van der Waals surface area (Å²) >= 11 is 0. The zero-order chi connectivity index (χ0) is 17.2. The molecule has 0 amide bonds. The quantitative estimate of drug-likeness (QED) is 0.354. The van der Waals surface area contributed by atoms with Gasteiger partial charge in [-0.05, 0) is 32.4 Å². The molecular weight excluding hydrogens is 435 g/mol. The van der Waals surface area contributed by atoms with Crippen LogP contribution in [0.4, 0.5) is 0 Å². The zero-order valence-electron chi connectivity index (χ0n) is 14.7. The van der Waals surface area contributed by atoms with E-state index >= 15 is 0 Å². The molecule has 0 radical (unpaired) electrons. The van der Waals surface area contributed by atoms with E-state index in [1.165, 1.54) is 0 Å². The highest BCUT2D eigenvalue weighted by Gasteiger charge is 2.27. The molecule has 1 aliphatic rings. The van der Waals surface area contributed by atoms with Gasteiger partial charge in [-0.2, -0.15) is 0 Å². The van der Waals surface area contributed by atoms with Gasteiger partial charge in [-0.1, -0.05) is 0 Å². The zero-order valence-corrected chi connectivity index (χ0v) is 17.1. The highest BCUT2D eigenvalue weighted by atomic mass is 127. The van der Waals surface area contributed by atoms with Gasteiger partial charge in [-0.3, -0.25) is 4.99 Å². The lowest BCUT2D eigenvalue weighted by atomic mass is 10.0. The van der Waals surface area contributed by atoms with E-state index in [0.29, 0.717) is 18.3 Å². The van der Waals surface area contributed by atoms with Crippen LogP contribution in [0.1, 0.15) is 36.5 Å². The van der Waals surface area contributed by atoms with Gasteiger partial charge < -0.3 is 24.7 Å². The maximum Gasteiger partial charge on any atom is 0.191 e. The molecule has 0 saturated carbocycles. The van der Waals surface area contributed by atoms with Crippen molar-refractivity contribution in [3.05, 3.63) is 35.3 Å². The van der Waals surface area contributed by atoms with Crippen molar-refractivity contribution < 1.29 is 9.52 Å². The molecule has 0 bridgehead atoms. The third-order valence-electron chi connectivity index (χ3n) is 4.19. The van der Waals surface area contributed by atoms with Crippen molar-refractivity contribution in [3.63, 3.8) is 0 Å². The topological polar surface area (TPSA) is 100 Å². The molecule has 8 nitrogen and oxygen atoms in total. The van der Waals surface area contributed by atoms with Crippen LogP contribution < -0.4 is 10.6 Å². The largest absolute Gasteiger partial charge is 0.463 e. The molecule has 1 atom stereocenters. The number of nitrogens with one attached hydrogen (secondary N) is 2. The van der Waals surface area contributed by atoms with Crippen LogP contribution >= 0.6 is 24.0 Å². The average Bonchev–Trinajstić information content (AvgIpc) is 3.25. The van der Waals surface area contributed by atoms with Crippen molar-refractivity contribution in [1.29, 1.82) is 0 Å². The Kier molecular flexibility index (Phi) is 6.44. The normalized spacial score (nSPS) is 16.1. The molecule has 9 heteroatoms. The van der Waals surface area contributed by atoms with Crippen molar-refractivity contribution in [1.82, 2.24) is 25.4 Å². The maximum atomic E-state index is 10.6. The van der Waals surface area contributed by atoms with E-state index in [1.54, 1.807) is 20.0 Å². The summed E-state index contributed by atoms with van der Waals surface area (Å²) in [6.45, 7) is 5.34. The van der Waals surface area contributed by atoms with Crippen LogP contribution in [0.2, 0.25) is 0 Å². The lowest BCUT2D eigenvalue weighted by Crippen LogP contribution is -2.44. The Morgan fingerprint density at radius 3 is 2.88 bits per heavy atom. The molecule has 0 aromatic carbocycles. The number of fused-ring (bicyclic) bond motifs is 1. The second kappa shape index (κ2) is 8.17. The number of aliphatic imine (C=N–C) groups is 1. The fraction of sp³-hybridized carbons (Fsp3) is 0.562. The van der Waals surface area contributed by atoms with Crippen LogP contribution in [0, 0.1) is 6.92 Å². The molecule has 3 heterocycles. The van der Waals surface area contributed by atoms with E-state index in [-0.39, 0.29) is 30.5 Å². The van der Waals surface area contributed by atoms with Crippen molar-refractivity contribution in [2.75, 3.05) is 13.6 Å². The minimum Gasteiger partial charge on any atom is -0.463 e. The molecular formula is C16H25IN6O2. The first-order valence-corrected chi connectivity index (χ1v) is 8.14. The third kappa shape index (κ3) is 4.51. The number of rotatable bonds is 5. The summed E-state index contributed by atoms with van der Waals surface area (Å²) in [5, 5.41) is 25.3. The lowest BCUT2D eigenvalue weighted by molar-refractivity contribution is 0.0378. The molecule has 0 fully saturated rings. The summed E-state index contributed by atoms with van der Waals surface area (Å²) in [4.78, 5) is 4.18. The predicted octanol–water partition coefficient (Wildman–Crippen LogP) is 1.32. The van der Waals surface area contributed by atoms with Gasteiger partial charge in [-0.15, -0.1) is 34.2 Å². The van der Waals surface area contributed by atoms with Crippen LogP contribution in [-0.4, -0.2) is 39.4 Å². The van der Waals surface area contributed by atoms with Gasteiger partial charge in [0.05, 0.1) is 13.1 Å². The fourth-order valence-corrected chi connectivity index (χ4v) is 2.79. The van der Waals surface area contributed by atoms with Crippen LogP contribution in [0.15, 0.2) is 21.5 Å². The minimum absolute atomic E-state index is 0. The summed E-state index contributed by atoms with van der Waals surface area (Å²) in [7, 11) is 1.69. The summed E-state index contributed by atoms with van der Waals surface area (Å²) in [6.07, 6.45) is 2.11. The Hall–Kier alpha value is -1.62. The van der Waals surface area contributed by atoms with Crippen LogP contribution in [-0.2, 0) is 25.1 Å². The fourth-order valence-electron chi connectivity index (χ4n) is 2.79. The molecule has 0 spiro atoms. The van der Waals surface area contributed by atoms with E-state index in [9.17, 15) is 5.11 Å². The second-order valence-electron chi connectivity index (χ2n) is 6.25. The molecule has 0 saturated heterocycles. The van der Waals surface area contributed by atoms with Crippen LogP contribution in [0.5, 0.6) is 0 Å². The van der Waals surface area contributed by atoms with E-state index in [1.807, 2.05) is 13.0 Å². The number of hydrogen-bond acceptors (Lipinski definition) is 5. The smallest absolute Gasteiger partial charge is 0.191 e. The van der Waals surface area contributed by atoms with Gasteiger partial charge in [0.15, 0.2) is 11.8 Å². The Balaban J connectivity index is 0.00000225. The number of furan rings is 1. The van der Waals surface area contributed by atoms with E-state index < -0.39 is 5.60 Å². The molecule has 1 aliphatic heterocycles. The van der Waals surface area contributed by atoms with Crippen molar-refractivity contribution in [2.45, 2.75) is 45.4 Å². The Morgan fingerprint density at radius 2 is 2.20 bits per heavy atom. The minimum atomic E-state index is -1.12. The Morgan fingerprint density at radius 1 is 1.40 bits per heavy atom. The van der Waals surface area contributed by atoms with E-state index in [4.69, 9.17) is 4.42 Å². The number of hydrogen-bond donors (Lipinski definition) is 3. The number of aryl methyl sites for hydroxylation is 2. The third-order valence-corrected chi connectivity index (χ3v) is 4.19. The van der Waals surface area contributed by atoms with Gasteiger partial charge in [0, 0.05) is 20.0 Å². The number of aliphatic hydroxyl groups is 1. The van der Waals surface area contributed by atoms with Gasteiger partial charge in [0.1, 0.15) is 22.9 Å². The maximum absolute atomic E-state index is 10.6. The summed E-state index contributed by atoms with van der Waals surface area (Å²) in [5.41, 5.74) is -1.12. The standard InChI is InChI=1S/C16H24N6O2.HI/c1-11-6-7-12(24-11)16(2,23)10-19-15(17-3)18-9-14-21-20-13-5-4-8-22(13)14;/h6-7,23H,4-5,8-10H2,1-3H3,(H2,17,18,19);1H. The molecule has 25 heavy (non-hydrogen) atoms. The summed E-state index contributed by atoms with van der Waals surface area (Å²) < 4.78 is 7.65. The summed E-state index contributed by atoms with van der Waals surface area (Å²) in [5.74, 6) is 3.84. The highest BCUT2D eigenvalue weighted by Crippen LogP contribution is 2.21. The van der Waals surface area contributed by atoms with Gasteiger partial charge in [0.2, 0.25) is 0 Å². The second-order valence-corrected chi connectivity index (χ2v) is 6.25. The number of aromatic nitrogens is 3. The molecule has 3 rings (SSSR count). The van der Waals surface area contributed by atoms with Crippen molar-refractivity contribution >= 4 is 29.9 Å². The molecule has 3 N–H and O–H groups in total. The number of halogens is 1. The van der Waals surface area contributed by atoms with Crippen LogP contribution in [0.3, 0.4) is 0 Å². The monoisotopic (exact) mass is 460 g/mol. The van der Waals surface area contributed by atoms with Gasteiger partial charge in [0.25, 0.3) is 0 Å². The molecule has 2 aromatic rings. The van der Waals surface area contributed by atoms with Gasteiger partial charge in [-0.25, -0.2) is 0 Å². The molecule has 138 valence electrons. The van der Waals surface area contributed by atoms with E-state index in [2.05, 4.69) is 30.4 Å². The first kappa shape index (κ1) is 19.7. The van der Waals surface area contributed by atoms with Crippen molar-refractivity contribution in [3.8, 4) is 0 Å².